The van der Waals surface area contributed by atoms with Crippen LogP contribution in [0.2, 0.25) is 5.02 Å². The van der Waals surface area contributed by atoms with E-state index in [4.69, 9.17) is 11.6 Å². The molecule has 2 aromatic rings. The topological polar surface area (TPSA) is 35.6 Å². The molecule has 0 radical (unpaired) electrons. The number of carbonyl (C=O) groups is 1. The number of amides is 2. The zero-order valence-electron chi connectivity index (χ0n) is 15.7. The molecule has 0 aromatic heterocycles. The molecule has 0 unspecified atom stereocenters. The maximum atomic E-state index is 12.8. The van der Waals surface area contributed by atoms with Crippen molar-refractivity contribution in [3.63, 3.8) is 0 Å². The van der Waals surface area contributed by atoms with E-state index >= 15 is 0 Å². The first-order chi connectivity index (χ1) is 13.1. The van der Waals surface area contributed by atoms with Crippen molar-refractivity contribution in [3.05, 3.63) is 64.2 Å². The second-order valence-corrected chi connectivity index (χ2v) is 8.10. The summed E-state index contributed by atoms with van der Waals surface area (Å²) in [5, 5.41) is 4.03. The summed E-state index contributed by atoms with van der Waals surface area (Å²) in [4.78, 5) is 17.1. The van der Waals surface area contributed by atoms with Crippen molar-refractivity contribution in [2.75, 3.05) is 24.5 Å². The number of hydrogen-bond donors (Lipinski definition) is 1. The minimum absolute atomic E-state index is 0.0498. The van der Waals surface area contributed by atoms with Crippen LogP contribution < -0.4 is 10.2 Å². The molecule has 27 heavy (non-hydrogen) atoms. The maximum Gasteiger partial charge on any atom is 0.322 e. The minimum atomic E-state index is 0.0498. The lowest BCUT2D eigenvalue weighted by molar-refractivity contribution is 0.188. The van der Waals surface area contributed by atoms with Crippen molar-refractivity contribution in [1.29, 1.82) is 0 Å². The van der Waals surface area contributed by atoms with E-state index in [2.05, 4.69) is 47.5 Å². The number of anilines is 1. The number of rotatable bonds is 3. The lowest BCUT2D eigenvalue weighted by Gasteiger charge is -2.33. The molecule has 4 nitrogen and oxygen atoms in total. The molecule has 1 N–H and O–H groups in total. The van der Waals surface area contributed by atoms with Crippen molar-refractivity contribution < 1.29 is 4.79 Å². The number of fused-ring (bicyclic) bond motifs is 1. The summed E-state index contributed by atoms with van der Waals surface area (Å²) in [6.45, 7) is 5.82. The molecular weight excluding hydrogens is 358 g/mol. The quantitative estimate of drug-likeness (QED) is 0.853. The van der Waals surface area contributed by atoms with Gasteiger partial charge in [0, 0.05) is 42.9 Å². The Kier molecular flexibility index (Phi) is 5.37. The van der Waals surface area contributed by atoms with Crippen LogP contribution in [-0.2, 0) is 13.0 Å². The van der Waals surface area contributed by atoms with E-state index in [1.54, 1.807) is 0 Å². The molecule has 142 valence electrons. The fourth-order valence-electron chi connectivity index (χ4n) is 4.08. The molecule has 4 rings (SSSR count). The van der Waals surface area contributed by atoms with E-state index in [0.29, 0.717) is 0 Å². The zero-order valence-corrected chi connectivity index (χ0v) is 16.5. The second-order valence-electron chi connectivity index (χ2n) is 7.66. The molecule has 2 heterocycles. The number of piperidine rings is 1. The largest absolute Gasteiger partial charge is 0.335 e. The third-order valence-electron chi connectivity index (χ3n) is 5.61. The Hall–Kier alpha value is -2.04. The van der Waals surface area contributed by atoms with E-state index < -0.39 is 0 Å². The molecule has 2 aliphatic rings. The second kappa shape index (κ2) is 7.91. The van der Waals surface area contributed by atoms with E-state index in [9.17, 15) is 4.79 Å². The van der Waals surface area contributed by atoms with Crippen molar-refractivity contribution in [1.82, 2.24) is 10.2 Å². The highest BCUT2D eigenvalue weighted by Gasteiger charge is 2.27. The molecule has 1 fully saturated rings. The predicted octanol–water partition coefficient (Wildman–Crippen LogP) is 4.39. The lowest BCUT2D eigenvalue weighted by atomic mass is 10.0. The van der Waals surface area contributed by atoms with Gasteiger partial charge in [0.1, 0.15) is 0 Å². The number of aryl methyl sites for hydroxylation is 1. The van der Waals surface area contributed by atoms with Crippen LogP contribution in [0.25, 0.3) is 0 Å². The van der Waals surface area contributed by atoms with E-state index in [1.165, 1.54) is 16.7 Å². The minimum Gasteiger partial charge on any atom is -0.335 e. The SMILES string of the molecule is Cc1ccc2c(c1)CCN2C(=O)NC1CCN(Cc2ccc(Cl)cc2)CC1. The highest BCUT2D eigenvalue weighted by molar-refractivity contribution is 6.30. The summed E-state index contributed by atoms with van der Waals surface area (Å²) < 4.78 is 0. The fourth-order valence-corrected chi connectivity index (χ4v) is 4.20. The number of nitrogens with one attached hydrogen (secondary N) is 1. The van der Waals surface area contributed by atoms with Gasteiger partial charge in [-0.2, -0.15) is 0 Å². The number of hydrogen-bond acceptors (Lipinski definition) is 2. The Morgan fingerprint density at radius 3 is 2.59 bits per heavy atom. The molecule has 0 saturated carbocycles. The first-order valence-electron chi connectivity index (χ1n) is 9.73. The Balaban J connectivity index is 1.28. The van der Waals surface area contributed by atoms with Gasteiger partial charge >= 0.3 is 6.03 Å². The van der Waals surface area contributed by atoms with Gasteiger partial charge in [-0.1, -0.05) is 41.4 Å². The summed E-state index contributed by atoms with van der Waals surface area (Å²) >= 11 is 5.96. The normalized spacial score (nSPS) is 17.8. The zero-order chi connectivity index (χ0) is 18.8. The van der Waals surface area contributed by atoms with E-state index in [0.717, 1.165) is 56.2 Å². The Bertz CT molecular complexity index is 813. The molecule has 2 amide bonds. The van der Waals surface area contributed by atoms with Gasteiger partial charge < -0.3 is 5.32 Å². The van der Waals surface area contributed by atoms with Gasteiger partial charge in [0.2, 0.25) is 0 Å². The van der Waals surface area contributed by atoms with Gasteiger partial charge in [0.05, 0.1) is 0 Å². The van der Waals surface area contributed by atoms with E-state index in [-0.39, 0.29) is 12.1 Å². The first kappa shape index (κ1) is 18.3. The van der Waals surface area contributed by atoms with Crippen molar-refractivity contribution in [3.8, 4) is 0 Å². The van der Waals surface area contributed by atoms with Gasteiger partial charge in [-0.15, -0.1) is 0 Å². The maximum absolute atomic E-state index is 12.8. The molecule has 2 aromatic carbocycles. The molecule has 0 bridgehead atoms. The van der Waals surface area contributed by atoms with Crippen molar-refractivity contribution in [2.24, 2.45) is 0 Å². The van der Waals surface area contributed by atoms with Crippen LogP contribution in [0.5, 0.6) is 0 Å². The first-order valence-corrected chi connectivity index (χ1v) is 10.1. The molecule has 5 heteroatoms. The highest BCUT2D eigenvalue weighted by atomic mass is 35.5. The molecular formula is C22H26ClN3O. The van der Waals surface area contributed by atoms with Crippen LogP contribution in [0.1, 0.15) is 29.5 Å². The van der Waals surface area contributed by atoms with Crippen LogP contribution in [-0.4, -0.2) is 36.6 Å². The Labute approximate surface area is 166 Å². The third-order valence-corrected chi connectivity index (χ3v) is 5.86. The number of urea groups is 1. The van der Waals surface area contributed by atoms with Crippen LogP contribution in [0, 0.1) is 6.92 Å². The molecule has 0 aliphatic carbocycles. The van der Waals surface area contributed by atoms with Crippen molar-refractivity contribution in [2.45, 2.75) is 38.8 Å². The van der Waals surface area contributed by atoms with Gasteiger partial charge in [-0.3, -0.25) is 9.80 Å². The average molecular weight is 384 g/mol. The summed E-state index contributed by atoms with van der Waals surface area (Å²) in [5.41, 5.74) is 4.89. The van der Waals surface area contributed by atoms with E-state index in [1.807, 2.05) is 17.0 Å². The monoisotopic (exact) mass is 383 g/mol. The number of nitrogens with zero attached hydrogens (tertiary/aromatic N) is 2. The van der Waals surface area contributed by atoms with Gasteiger partial charge in [0.25, 0.3) is 0 Å². The van der Waals surface area contributed by atoms with Crippen LogP contribution in [0.4, 0.5) is 10.5 Å². The van der Waals surface area contributed by atoms with Crippen molar-refractivity contribution >= 4 is 23.3 Å². The molecule has 0 spiro atoms. The molecule has 0 atom stereocenters. The van der Waals surface area contributed by atoms with Crippen LogP contribution in [0.15, 0.2) is 42.5 Å². The lowest BCUT2D eigenvalue weighted by Crippen LogP contribution is -2.48. The Morgan fingerprint density at radius 2 is 1.85 bits per heavy atom. The fraction of sp³-hybridized carbons (Fsp3) is 0.409. The smallest absolute Gasteiger partial charge is 0.322 e. The van der Waals surface area contributed by atoms with Gasteiger partial charge in [0.15, 0.2) is 0 Å². The predicted molar refractivity (Wildman–Crippen MR) is 111 cm³/mol. The summed E-state index contributed by atoms with van der Waals surface area (Å²) in [7, 11) is 0. The standard InChI is InChI=1S/C22H26ClN3O/c1-16-2-7-21-18(14-16)8-13-26(21)22(27)24-20-9-11-25(12-10-20)15-17-3-5-19(23)6-4-17/h2-7,14,20H,8-13,15H2,1H3,(H,24,27). The number of carbonyl (C=O) groups excluding carboxylic acids is 1. The average Bonchev–Trinajstić information content (AvgIpc) is 3.08. The Morgan fingerprint density at radius 1 is 1.11 bits per heavy atom. The summed E-state index contributed by atoms with van der Waals surface area (Å²) in [6.07, 6.45) is 2.94. The number of likely N-dealkylation sites (tertiary alicyclic amines) is 1. The van der Waals surface area contributed by atoms with Crippen LogP contribution >= 0.6 is 11.6 Å². The van der Waals surface area contributed by atoms with Crippen LogP contribution in [0.3, 0.4) is 0 Å². The van der Waals surface area contributed by atoms with Gasteiger partial charge in [-0.05, 0) is 55.5 Å². The summed E-state index contributed by atoms with van der Waals surface area (Å²) in [6, 6.07) is 14.7. The number of halogens is 1. The highest BCUT2D eigenvalue weighted by Crippen LogP contribution is 2.29. The third kappa shape index (κ3) is 4.28. The number of benzene rings is 2. The molecule has 1 saturated heterocycles. The van der Waals surface area contributed by atoms with Gasteiger partial charge in [-0.25, -0.2) is 4.79 Å². The summed E-state index contributed by atoms with van der Waals surface area (Å²) in [5.74, 6) is 0. The molecule has 2 aliphatic heterocycles.